The fraction of sp³-hybridized carbons (Fsp3) is 0.364. The topological polar surface area (TPSA) is 70.6 Å². The highest BCUT2D eigenvalue weighted by molar-refractivity contribution is 7.99. The molecular weight excluding hydrogens is 486 g/mol. The molecule has 1 aromatic heterocycles. The van der Waals surface area contributed by atoms with Gasteiger partial charge in [-0.1, -0.05) is 22.9 Å². The highest BCUT2D eigenvalue weighted by Crippen LogP contribution is 2.31. The summed E-state index contributed by atoms with van der Waals surface area (Å²) in [5.74, 6) is 1.09. The number of hydrogen-bond donors (Lipinski definition) is 0. The van der Waals surface area contributed by atoms with Gasteiger partial charge in [-0.25, -0.2) is 13.4 Å². The first kappa shape index (κ1) is 23.4. The Balaban J connectivity index is 1.26. The van der Waals surface area contributed by atoms with E-state index in [0.29, 0.717) is 24.4 Å². The van der Waals surface area contributed by atoms with Crippen LogP contribution >= 0.6 is 34.7 Å². The molecule has 10 heteroatoms. The molecule has 0 bridgehead atoms. The Morgan fingerprint density at radius 3 is 2.53 bits per heavy atom. The van der Waals surface area contributed by atoms with Crippen LogP contribution in [0, 0.1) is 0 Å². The van der Waals surface area contributed by atoms with Gasteiger partial charge in [-0.3, -0.25) is 4.79 Å². The van der Waals surface area contributed by atoms with E-state index < -0.39 is 9.84 Å². The van der Waals surface area contributed by atoms with Crippen LogP contribution < -0.4 is 4.90 Å². The van der Waals surface area contributed by atoms with Crippen LogP contribution in [0.15, 0.2) is 52.3 Å². The molecule has 1 aliphatic rings. The van der Waals surface area contributed by atoms with Gasteiger partial charge in [0.15, 0.2) is 15.0 Å². The third kappa shape index (κ3) is 5.75. The van der Waals surface area contributed by atoms with E-state index in [2.05, 4.69) is 9.88 Å². The first-order valence-corrected chi connectivity index (χ1v) is 14.4. The molecule has 0 spiro atoms. The molecule has 170 valence electrons. The van der Waals surface area contributed by atoms with E-state index in [9.17, 15) is 13.2 Å². The second-order valence-corrected chi connectivity index (χ2v) is 12.3. The van der Waals surface area contributed by atoms with E-state index in [-0.39, 0.29) is 5.91 Å². The molecule has 0 aliphatic carbocycles. The summed E-state index contributed by atoms with van der Waals surface area (Å²) in [4.78, 5) is 22.8. The number of rotatable bonds is 7. The Morgan fingerprint density at radius 2 is 1.84 bits per heavy atom. The van der Waals surface area contributed by atoms with E-state index in [0.717, 1.165) is 50.5 Å². The van der Waals surface area contributed by atoms with E-state index >= 15 is 0 Å². The molecule has 1 saturated heterocycles. The Hall–Kier alpha value is -1.81. The average Bonchev–Trinajstić information content (AvgIpc) is 3.21. The normalized spacial score (nSPS) is 14.8. The Bertz CT molecular complexity index is 1200. The molecule has 2 aromatic carbocycles. The monoisotopic (exact) mass is 509 g/mol. The van der Waals surface area contributed by atoms with Gasteiger partial charge in [0.1, 0.15) is 0 Å². The maximum absolute atomic E-state index is 12.6. The van der Waals surface area contributed by atoms with Crippen molar-refractivity contribution in [2.75, 3.05) is 43.1 Å². The van der Waals surface area contributed by atoms with Crippen LogP contribution in [0.2, 0.25) is 5.02 Å². The van der Waals surface area contributed by atoms with Gasteiger partial charge in [0.25, 0.3) is 0 Å². The lowest BCUT2D eigenvalue weighted by Gasteiger charge is -2.34. The molecule has 0 saturated carbocycles. The molecular formula is C22H24ClN3O3S3. The molecule has 6 nitrogen and oxygen atoms in total. The summed E-state index contributed by atoms with van der Waals surface area (Å²) >= 11 is 9.14. The summed E-state index contributed by atoms with van der Waals surface area (Å²) in [5.41, 5.74) is 0.800. The van der Waals surface area contributed by atoms with Gasteiger partial charge in [0.05, 0.1) is 15.1 Å². The quantitative estimate of drug-likeness (QED) is 0.343. The van der Waals surface area contributed by atoms with E-state index in [4.69, 9.17) is 11.6 Å². The zero-order valence-electron chi connectivity index (χ0n) is 17.7. The highest BCUT2D eigenvalue weighted by atomic mass is 35.5. The molecule has 0 N–H and O–H groups in total. The molecule has 1 fully saturated rings. The molecule has 32 heavy (non-hydrogen) atoms. The number of hydrogen-bond acceptors (Lipinski definition) is 7. The standard InChI is InChI=1S/C22H24ClN3O3S3/c1-32(28,29)18-8-9-19-20(15-18)31-22(24-19)26-12-10-25(11-13-26)21(27)3-2-14-30-17-6-4-16(23)5-7-17/h4-9,15H,2-3,10-14H2,1H3. The van der Waals surface area contributed by atoms with Crippen molar-refractivity contribution in [3.05, 3.63) is 47.5 Å². The highest BCUT2D eigenvalue weighted by Gasteiger charge is 2.23. The fourth-order valence-electron chi connectivity index (χ4n) is 3.51. The summed E-state index contributed by atoms with van der Waals surface area (Å²) in [5, 5.41) is 1.60. The Kier molecular flexibility index (Phi) is 7.29. The fourth-order valence-corrected chi connectivity index (χ4v) is 6.27. The molecule has 0 radical (unpaired) electrons. The zero-order valence-corrected chi connectivity index (χ0v) is 20.9. The van der Waals surface area contributed by atoms with Gasteiger partial charge in [-0.15, -0.1) is 11.8 Å². The van der Waals surface area contributed by atoms with Crippen molar-refractivity contribution >= 4 is 65.8 Å². The number of thiazole rings is 1. The lowest BCUT2D eigenvalue weighted by atomic mass is 10.2. The van der Waals surface area contributed by atoms with Crippen LogP contribution in [0.5, 0.6) is 0 Å². The number of sulfone groups is 1. The summed E-state index contributed by atoms with van der Waals surface area (Å²) in [7, 11) is -3.24. The minimum Gasteiger partial charge on any atom is -0.345 e. The average molecular weight is 510 g/mol. The summed E-state index contributed by atoms with van der Waals surface area (Å²) < 4.78 is 24.4. The molecule has 0 unspecified atom stereocenters. The minimum atomic E-state index is -3.24. The summed E-state index contributed by atoms with van der Waals surface area (Å²) in [6, 6.07) is 12.8. The second-order valence-electron chi connectivity index (χ2n) is 7.67. The van der Waals surface area contributed by atoms with Crippen molar-refractivity contribution in [1.82, 2.24) is 9.88 Å². The smallest absolute Gasteiger partial charge is 0.222 e. The molecule has 0 atom stereocenters. The molecule has 4 rings (SSSR count). The number of piperazine rings is 1. The number of carbonyl (C=O) groups is 1. The van der Waals surface area contributed by atoms with Crippen molar-refractivity contribution in [2.45, 2.75) is 22.6 Å². The van der Waals surface area contributed by atoms with Crippen molar-refractivity contribution < 1.29 is 13.2 Å². The van der Waals surface area contributed by atoms with Gasteiger partial charge in [-0.05, 0) is 54.6 Å². The van der Waals surface area contributed by atoms with Crippen molar-refractivity contribution in [3.8, 4) is 0 Å². The molecule has 1 amide bonds. The van der Waals surface area contributed by atoms with Gasteiger partial charge in [0.2, 0.25) is 5.91 Å². The lowest BCUT2D eigenvalue weighted by Crippen LogP contribution is -2.48. The number of fused-ring (bicyclic) bond motifs is 1. The number of carbonyl (C=O) groups excluding carboxylic acids is 1. The predicted octanol–water partition coefficient (Wildman–Crippen LogP) is 4.57. The largest absolute Gasteiger partial charge is 0.345 e. The first-order valence-electron chi connectivity index (χ1n) is 10.3. The van der Waals surface area contributed by atoms with Crippen LogP contribution in [0.1, 0.15) is 12.8 Å². The van der Waals surface area contributed by atoms with Crippen LogP contribution in [0.4, 0.5) is 5.13 Å². The van der Waals surface area contributed by atoms with E-state index in [1.165, 1.54) is 17.6 Å². The van der Waals surface area contributed by atoms with Crippen LogP contribution in [-0.2, 0) is 14.6 Å². The van der Waals surface area contributed by atoms with Crippen LogP contribution in [-0.4, -0.2) is 62.4 Å². The first-order chi connectivity index (χ1) is 15.3. The Labute approximate surface area is 201 Å². The summed E-state index contributed by atoms with van der Waals surface area (Å²) in [6.07, 6.45) is 2.60. The van der Waals surface area contributed by atoms with Gasteiger partial charge >= 0.3 is 0 Å². The zero-order chi connectivity index (χ0) is 22.7. The third-order valence-corrected chi connectivity index (χ3v) is 8.84. The second kappa shape index (κ2) is 9.99. The Morgan fingerprint density at radius 1 is 1.12 bits per heavy atom. The van der Waals surface area contributed by atoms with E-state index in [1.54, 1.807) is 30.0 Å². The minimum absolute atomic E-state index is 0.198. The number of anilines is 1. The van der Waals surface area contributed by atoms with Gasteiger partial charge < -0.3 is 9.80 Å². The number of aromatic nitrogens is 1. The van der Waals surface area contributed by atoms with Crippen molar-refractivity contribution in [1.29, 1.82) is 0 Å². The number of nitrogens with zero attached hydrogens (tertiary/aromatic N) is 3. The number of benzene rings is 2. The number of halogens is 1. The van der Waals surface area contributed by atoms with Crippen LogP contribution in [0.25, 0.3) is 10.2 Å². The number of thioether (sulfide) groups is 1. The van der Waals surface area contributed by atoms with Crippen molar-refractivity contribution in [3.63, 3.8) is 0 Å². The molecule has 1 aliphatic heterocycles. The third-order valence-electron chi connectivity index (χ3n) is 5.30. The predicted molar refractivity (Wildman–Crippen MR) is 133 cm³/mol. The maximum atomic E-state index is 12.6. The van der Waals surface area contributed by atoms with Gasteiger partial charge in [-0.2, -0.15) is 0 Å². The van der Waals surface area contributed by atoms with Crippen LogP contribution in [0.3, 0.4) is 0 Å². The SMILES string of the molecule is CS(=O)(=O)c1ccc2nc(N3CCN(C(=O)CCCSc4ccc(Cl)cc4)CC3)sc2c1. The van der Waals surface area contributed by atoms with E-state index in [1.807, 2.05) is 29.2 Å². The van der Waals surface area contributed by atoms with Gasteiger partial charge in [0, 0.05) is 48.8 Å². The molecule has 3 aromatic rings. The number of amides is 1. The summed E-state index contributed by atoms with van der Waals surface area (Å²) in [6.45, 7) is 2.80. The maximum Gasteiger partial charge on any atom is 0.222 e. The van der Waals surface area contributed by atoms with Crippen molar-refractivity contribution in [2.24, 2.45) is 0 Å². The lowest BCUT2D eigenvalue weighted by molar-refractivity contribution is -0.131. The molecule has 2 heterocycles.